The van der Waals surface area contributed by atoms with Gasteiger partial charge < -0.3 is 24.2 Å². The molecule has 1 amide bonds. The number of hydrogen-bond donors (Lipinski definition) is 1. The Labute approximate surface area is 193 Å². The molecule has 2 aromatic carbocycles. The second-order valence-electron chi connectivity index (χ2n) is 8.01. The summed E-state index contributed by atoms with van der Waals surface area (Å²) in [5.41, 5.74) is 2.05. The smallest absolute Gasteiger partial charge is 0.324 e. The van der Waals surface area contributed by atoms with Crippen molar-refractivity contribution < 1.29 is 18.8 Å². The normalized spacial score (nSPS) is 14.2. The van der Waals surface area contributed by atoms with Crippen LogP contribution in [-0.4, -0.2) is 49.4 Å². The number of hydrogen-bond acceptors (Lipinski definition) is 7. The fourth-order valence-corrected chi connectivity index (χ4v) is 3.93. The van der Waals surface area contributed by atoms with Crippen LogP contribution in [0.4, 0.5) is 6.01 Å². The highest BCUT2D eigenvalue weighted by molar-refractivity contribution is 5.79. The molecule has 4 rings (SSSR count). The van der Waals surface area contributed by atoms with Crippen molar-refractivity contribution in [2.24, 2.45) is 5.92 Å². The number of aromatic nitrogens is 2. The molecule has 174 valence electrons. The maximum atomic E-state index is 12.6. The Kier molecular flexibility index (Phi) is 7.44. The van der Waals surface area contributed by atoms with Crippen LogP contribution in [0.5, 0.6) is 11.5 Å². The number of carbonyl (C=O) groups excluding carboxylic acids is 1. The molecule has 0 bridgehead atoms. The number of piperidine rings is 1. The van der Waals surface area contributed by atoms with Crippen LogP contribution in [0.15, 0.2) is 53.1 Å². The quantitative estimate of drug-likeness (QED) is 0.531. The molecule has 1 aliphatic rings. The van der Waals surface area contributed by atoms with E-state index in [4.69, 9.17) is 14.0 Å². The van der Waals surface area contributed by atoms with E-state index in [1.54, 1.807) is 7.11 Å². The molecule has 1 fully saturated rings. The number of ether oxygens (including phenoxy) is 2. The molecular weight excluding hydrogens is 420 g/mol. The van der Waals surface area contributed by atoms with Crippen LogP contribution in [-0.2, 0) is 11.2 Å². The third-order valence-corrected chi connectivity index (χ3v) is 5.85. The molecule has 8 nitrogen and oxygen atoms in total. The fourth-order valence-electron chi connectivity index (χ4n) is 3.93. The summed E-state index contributed by atoms with van der Waals surface area (Å²) >= 11 is 0. The van der Waals surface area contributed by atoms with Crippen molar-refractivity contribution in [2.45, 2.75) is 26.2 Å². The molecule has 0 saturated carbocycles. The van der Waals surface area contributed by atoms with Gasteiger partial charge in [-0.3, -0.25) is 4.79 Å². The first-order chi connectivity index (χ1) is 16.2. The van der Waals surface area contributed by atoms with Crippen molar-refractivity contribution in [1.82, 2.24) is 15.5 Å². The van der Waals surface area contributed by atoms with Crippen molar-refractivity contribution in [1.29, 1.82) is 0 Å². The second-order valence-corrected chi connectivity index (χ2v) is 8.01. The molecule has 0 atom stereocenters. The van der Waals surface area contributed by atoms with E-state index in [1.807, 2.05) is 60.4 Å². The molecule has 1 N–H and O–H groups in total. The molecule has 8 heteroatoms. The zero-order chi connectivity index (χ0) is 23.0. The summed E-state index contributed by atoms with van der Waals surface area (Å²) in [6.45, 7) is 4.67. The summed E-state index contributed by atoms with van der Waals surface area (Å²) in [7, 11) is 1.63. The molecule has 0 radical (unpaired) electrons. The van der Waals surface area contributed by atoms with Crippen LogP contribution in [0.1, 0.15) is 25.3 Å². The molecule has 3 aromatic rings. The third-order valence-electron chi connectivity index (χ3n) is 5.85. The van der Waals surface area contributed by atoms with E-state index in [0.29, 0.717) is 38.1 Å². The lowest BCUT2D eigenvalue weighted by Gasteiger charge is -2.29. The predicted octanol–water partition coefficient (Wildman–Crippen LogP) is 3.72. The zero-order valence-electron chi connectivity index (χ0n) is 19.1. The number of carbonyl (C=O) groups is 1. The summed E-state index contributed by atoms with van der Waals surface area (Å²) in [5, 5.41) is 7.18. The first kappa shape index (κ1) is 22.6. The summed E-state index contributed by atoms with van der Waals surface area (Å²) in [5.74, 6) is 2.31. The van der Waals surface area contributed by atoms with Gasteiger partial charge in [-0.2, -0.15) is 4.98 Å². The first-order valence-corrected chi connectivity index (χ1v) is 11.4. The highest BCUT2D eigenvalue weighted by Crippen LogP contribution is 2.26. The SMILES string of the molecule is CCOc1ccc(CCNC(=O)C2CCN(c3nc(-c4ccc(OC)cc4)no3)CC2)cc1. The van der Waals surface area contributed by atoms with E-state index in [2.05, 4.69) is 15.5 Å². The maximum absolute atomic E-state index is 12.6. The number of nitrogens with one attached hydrogen (secondary N) is 1. The van der Waals surface area contributed by atoms with E-state index < -0.39 is 0 Å². The predicted molar refractivity (Wildman–Crippen MR) is 126 cm³/mol. The van der Waals surface area contributed by atoms with Crippen LogP contribution >= 0.6 is 0 Å². The van der Waals surface area contributed by atoms with Gasteiger partial charge in [-0.1, -0.05) is 17.3 Å². The van der Waals surface area contributed by atoms with Gasteiger partial charge in [0.25, 0.3) is 0 Å². The van der Waals surface area contributed by atoms with Crippen molar-refractivity contribution >= 4 is 11.9 Å². The number of amides is 1. The molecule has 33 heavy (non-hydrogen) atoms. The van der Waals surface area contributed by atoms with Crippen LogP contribution in [0.2, 0.25) is 0 Å². The molecule has 0 spiro atoms. The van der Waals surface area contributed by atoms with Crippen LogP contribution in [0.3, 0.4) is 0 Å². The minimum absolute atomic E-state index is 0.00515. The standard InChI is InChI=1S/C25H30N4O4/c1-3-32-22-8-4-18(5-9-22)12-15-26-24(30)20-13-16-29(17-14-20)25-27-23(28-33-25)19-6-10-21(31-2)11-7-19/h4-11,20H,3,12-17H2,1-2H3,(H,26,30). The zero-order valence-corrected chi connectivity index (χ0v) is 19.1. The molecule has 1 aliphatic heterocycles. The first-order valence-electron chi connectivity index (χ1n) is 11.4. The number of anilines is 1. The Balaban J connectivity index is 1.22. The van der Waals surface area contributed by atoms with Gasteiger partial charge in [0.2, 0.25) is 11.7 Å². The Hall–Kier alpha value is -3.55. The van der Waals surface area contributed by atoms with Gasteiger partial charge in [0.1, 0.15) is 11.5 Å². The lowest BCUT2D eigenvalue weighted by molar-refractivity contribution is -0.125. The topological polar surface area (TPSA) is 89.7 Å². The van der Waals surface area contributed by atoms with Gasteiger partial charge in [-0.05, 0) is 68.1 Å². The monoisotopic (exact) mass is 450 g/mol. The number of nitrogens with zero attached hydrogens (tertiary/aromatic N) is 3. The van der Waals surface area contributed by atoms with Crippen molar-refractivity contribution in [3.05, 3.63) is 54.1 Å². The number of rotatable bonds is 9. The third kappa shape index (κ3) is 5.83. The fraction of sp³-hybridized carbons (Fsp3) is 0.400. The van der Waals surface area contributed by atoms with Gasteiger partial charge >= 0.3 is 6.01 Å². The van der Waals surface area contributed by atoms with Crippen molar-refractivity contribution in [3.8, 4) is 22.9 Å². The minimum Gasteiger partial charge on any atom is -0.497 e. The molecule has 2 heterocycles. The molecule has 0 unspecified atom stereocenters. The maximum Gasteiger partial charge on any atom is 0.324 e. The summed E-state index contributed by atoms with van der Waals surface area (Å²) in [6, 6.07) is 16.0. The summed E-state index contributed by atoms with van der Waals surface area (Å²) < 4.78 is 16.1. The van der Waals surface area contributed by atoms with Gasteiger partial charge in [-0.25, -0.2) is 0 Å². The lowest BCUT2D eigenvalue weighted by atomic mass is 9.96. The van der Waals surface area contributed by atoms with E-state index >= 15 is 0 Å². The van der Waals surface area contributed by atoms with Gasteiger partial charge in [0.05, 0.1) is 13.7 Å². The average molecular weight is 451 g/mol. The molecule has 1 aromatic heterocycles. The Bertz CT molecular complexity index is 1030. The largest absolute Gasteiger partial charge is 0.497 e. The molecular formula is C25H30N4O4. The second kappa shape index (κ2) is 10.8. The van der Waals surface area contributed by atoms with Crippen molar-refractivity contribution in [3.63, 3.8) is 0 Å². The summed E-state index contributed by atoms with van der Waals surface area (Å²) in [6.07, 6.45) is 2.32. The van der Waals surface area contributed by atoms with Crippen molar-refractivity contribution in [2.75, 3.05) is 38.3 Å². The highest BCUT2D eigenvalue weighted by Gasteiger charge is 2.27. The number of benzene rings is 2. The average Bonchev–Trinajstić information content (AvgIpc) is 3.36. The van der Waals surface area contributed by atoms with Gasteiger partial charge in [-0.15, -0.1) is 0 Å². The van der Waals surface area contributed by atoms with Gasteiger partial charge in [0.15, 0.2) is 0 Å². The van der Waals surface area contributed by atoms with E-state index in [9.17, 15) is 4.79 Å². The summed E-state index contributed by atoms with van der Waals surface area (Å²) in [4.78, 5) is 19.2. The minimum atomic E-state index is 0.00515. The highest BCUT2D eigenvalue weighted by atomic mass is 16.5. The number of methoxy groups -OCH3 is 1. The van der Waals surface area contributed by atoms with Crippen LogP contribution in [0, 0.1) is 5.92 Å². The van der Waals surface area contributed by atoms with Gasteiger partial charge in [0, 0.05) is 31.1 Å². The molecule has 1 saturated heterocycles. The lowest BCUT2D eigenvalue weighted by Crippen LogP contribution is -2.41. The Morgan fingerprint density at radius 1 is 1.09 bits per heavy atom. The Morgan fingerprint density at radius 3 is 2.45 bits per heavy atom. The molecule has 0 aliphatic carbocycles. The van der Waals surface area contributed by atoms with E-state index in [0.717, 1.165) is 36.3 Å². The van der Waals surface area contributed by atoms with E-state index in [-0.39, 0.29) is 11.8 Å². The van der Waals surface area contributed by atoms with Crippen LogP contribution < -0.4 is 19.7 Å². The van der Waals surface area contributed by atoms with E-state index in [1.165, 1.54) is 5.56 Å². The Morgan fingerprint density at radius 2 is 1.79 bits per heavy atom. The van der Waals surface area contributed by atoms with Crippen LogP contribution in [0.25, 0.3) is 11.4 Å².